The van der Waals surface area contributed by atoms with E-state index in [0.717, 1.165) is 35.6 Å². The van der Waals surface area contributed by atoms with Gasteiger partial charge in [0, 0.05) is 19.2 Å². The summed E-state index contributed by atoms with van der Waals surface area (Å²) < 4.78 is 4.29. The van der Waals surface area contributed by atoms with Crippen molar-refractivity contribution in [2.75, 3.05) is 13.1 Å². The third-order valence-corrected chi connectivity index (χ3v) is 5.05. The smallest absolute Gasteiger partial charge is 0.286 e. The number of hydrogen-bond donors (Lipinski definition) is 1. The topological polar surface area (TPSA) is 63.0 Å². The van der Waals surface area contributed by atoms with Crippen LogP contribution in [0, 0.1) is 0 Å². The zero-order valence-electron chi connectivity index (χ0n) is 16.1. The highest BCUT2D eigenvalue weighted by Gasteiger charge is 2.13. The van der Waals surface area contributed by atoms with Crippen LogP contribution in [-0.4, -0.2) is 34.7 Å². The lowest BCUT2D eigenvalue weighted by Crippen LogP contribution is -2.34. The monoisotopic (exact) mass is 373 g/mol. The number of pyridine rings is 1. The Morgan fingerprint density at radius 2 is 1.79 bits per heavy atom. The second kappa shape index (κ2) is 8.08. The molecule has 6 nitrogen and oxygen atoms in total. The number of rotatable bonds is 4. The van der Waals surface area contributed by atoms with Crippen molar-refractivity contribution in [2.24, 2.45) is 23.0 Å². The van der Waals surface area contributed by atoms with Gasteiger partial charge in [0.25, 0.3) is 5.65 Å². The summed E-state index contributed by atoms with van der Waals surface area (Å²) in [7, 11) is 2.07. The quantitative estimate of drug-likeness (QED) is 0.331. The van der Waals surface area contributed by atoms with E-state index in [9.17, 15) is 0 Å². The van der Waals surface area contributed by atoms with E-state index in [0.29, 0.717) is 5.96 Å². The number of likely N-dealkylation sites (tertiary alicyclic amines) is 1. The predicted molar refractivity (Wildman–Crippen MR) is 114 cm³/mol. The number of nitrogens with two attached hydrogens (primary N) is 1. The van der Waals surface area contributed by atoms with Gasteiger partial charge in [-0.1, -0.05) is 36.4 Å². The maximum atomic E-state index is 5.95. The van der Waals surface area contributed by atoms with Crippen molar-refractivity contribution in [3.63, 3.8) is 0 Å². The van der Waals surface area contributed by atoms with E-state index in [4.69, 9.17) is 5.73 Å². The molecule has 3 heterocycles. The summed E-state index contributed by atoms with van der Waals surface area (Å²) in [5.41, 5.74) is 10.4. The van der Waals surface area contributed by atoms with Crippen LogP contribution >= 0.6 is 0 Å². The number of imidazole rings is 1. The highest BCUT2D eigenvalue weighted by Crippen LogP contribution is 2.10. The number of fused-ring (bicyclic) bond motifs is 1. The van der Waals surface area contributed by atoms with Gasteiger partial charge in [-0.2, -0.15) is 5.10 Å². The van der Waals surface area contributed by atoms with Crippen LogP contribution < -0.4 is 10.1 Å². The summed E-state index contributed by atoms with van der Waals surface area (Å²) in [6.07, 6.45) is 12.5. The fourth-order valence-corrected chi connectivity index (χ4v) is 3.40. The standard InChI is InChI=1S/C22H25N6/c1-26-20(17-28-15-3-2-6-21(26)28)12-11-18-7-9-19(10-8-18)16-24-25-22(23)27-13-4-5-14-27/h2-3,6-12,15-17H,4-5,13-14H2,1H3,(H2,23,25)/q+1/b12-11+,24-16+. The van der Waals surface area contributed by atoms with Crippen LogP contribution in [0.4, 0.5) is 0 Å². The van der Waals surface area contributed by atoms with Crippen molar-refractivity contribution < 1.29 is 4.40 Å². The number of benzene rings is 1. The Balaban J connectivity index is 1.42. The fourth-order valence-electron chi connectivity index (χ4n) is 3.40. The first-order chi connectivity index (χ1) is 13.7. The molecular weight excluding hydrogens is 348 g/mol. The Labute approximate surface area is 164 Å². The molecule has 28 heavy (non-hydrogen) atoms. The second-order valence-corrected chi connectivity index (χ2v) is 6.98. The highest BCUT2D eigenvalue weighted by molar-refractivity contribution is 5.83. The Hall–Kier alpha value is -3.41. The molecule has 0 amide bonds. The van der Waals surface area contributed by atoms with Crippen molar-refractivity contribution in [1.82, 2.24) is 9.47 Å². The van der Waals surface area contributed by atoms with Crippen LogP contribution in [0.1, 0.15) is 29.7 Å². The summed E-state index contributed by atoms with van der Waals surface area (Å²) in [6.45, 7) is 1.95. The van der Waals surface area contributed by atoms with Gasteiger partial charge in [0.2, 0.25) is 5.96 Å². The number of aryl methyl sites for hydroxylation is 1. The maximum absolute atomic E-state index is 5.95. The molecule has 2 N–H and O–H groups in total. The van der Waals surface area contributed by atoms with Crippen LogP contribution in [0.3, 0.4) is 0 Å². The summed E-state index contributed by atoms with van der Waals surface area (Å²) >= 11 is 0. The molecule has 6 heteroatoms. The molecule has 0 spiro atoms. The molecule has 2 aromatic heterocycles. The van der Waals surface area contributed by atoms with Gasteiger partial charge < -0.3 is 10.6 Å². The Kier molecular flexibility index (Phi) is 5.19. The zero-order chi connectivity index (χ0) is 19.3. The van der Waals surface area contributed by atoms with Crippen molar-refractivity contribution in [2.45, 2.75) is 12.8 Å². The summed E-state index contributed by atoms with van der Waals surface area (Å²) in [4.78, 5) is 2.07. The third kappa shape index (κ3) is 3.96. The van der Waals surface area contributed by atoms with E-state index in [1.54, 1.807) is 6.21 Å². The molecule has 0 saturated carbocycles. The van der Waals surface area contributed by atoms with Gasteiger partial charge in [0.15, 0.2) is 5.69 Å². The predicted octanol–water partition coefficient (Wildman–Crippen LogP) is 2.68. The summed E-state index contributed by atoms with van der Waals surface area (Å²) in [5, 5.41) is 8.22. The van der Waals surface area contributed by atoms with E-state index in [-0.39, 0.29) is 0 Å². The minimum absolute atomic E-state index is 0.501. The van der Waals surface area contributed by atoms with Crippen LogP contribution in [0.5, 0.6) is 0 Å². The van der Waals surface area contributed by atoms with E-state index >= 15 is 0 Å². The molecule has 1 aliphatic heterocycles. The molecule has 4 rings (SSSR count). The zero-order valence-corrected chi connectivity index (χ0v) is 16.1. The second-order valence-electron chi connectivity index (χ2n) is 6.98. The SMILES string of the molecule is Cn1c(/C=C/c2ccc(/C=N/N=C(\N)N3CCCC3)cc2)c[n+]2ccccc12. The van der Waals surface area contributed by atoms with E-state index in [2.05, 4.69) is 73.9 Å². The van der Waals surface area contributed by atoms with Gasteiger partial charge in [-0.15, -0.1) is 5.10 Å². The number of hydrogen-bond acceptors (Lipinski definition) is 2. The maximum Gasteiger partial charge on any atom is 0.286 e. The molecular formula is C22H25N6+. The van der Waals surface area contributed by atoms with Crippen LogP contribution in [0.2, 0.25) is 0 Å². The van der Waals surface area contributed by atoms with E-state index < -0.39 is 0 Å². The highest BCUT2D eigenvalue weighted by atomic mass is 15.3. The molecule has 1 saturated heterocycles. The Morgan fingerprint density at radius 1 is 1.04 bits per heavy atom. The first kappa shape index (κ1) is 18.0. The molecule has 0 bridgehead atoms. The van der Waals surface area contributed by atoms with Gasteiger partial charge in [-0.25, -0.2) is 8.97 Å². The Bertz CT molecular complexity index is 1040. The molecule has 0 unspecified atom stereocenters. The van der Waals surface area contributed by atoms with Gasteiger partial charge >= 0.3 is 0 Å². The lowest BCUT2D eigenvalue weighted by Gasteiger charge is -2.13. The third-order valence-electron chi connectivity index (χ3n) is 5.05. The first-order valence-electron chi connectivity index (χ1n) is 9.56. The fraction of sp³-hybridized carbons (Fsp3) is 0.227. The molecule has 1 fully saturated rings. The van der Waals surface area contributed by atoms with Gasteiger partial charge in [-0.05, 0) is 36.1 Å². The summed E-state index contributed by atoms with van der Waals surface area (Å²) in [6, 6.07) is 14.4. The molecule has 142 valence electrons. The van der Waals surface area contributed by atoms with E-state index in [1.807, 2.05) is 24.3 Å². The van der Waals surface area contributed by atoms with E-state index in [1.165, 1.54) is 12.8 Å². The first-order valence-corrected chi connectivity index (χ1v) is 9.56. The van der Waals surface area contributed by atoms with Crippen LogP contribution in [-0.2, 0) is 7.05 Å². The van der Waals surface area contributed by atoms with Crippen LogP contribution in [0.15, 0.2) is 65.1 Å². The molecule has 0 atom stereocenters. The normalized spacial score (nSPS) is 15.5. The number of guanidine groups is 1. The largest absolute Gasteiger partial charge is 0.368 e. The van der Waals surface area contributed by atoms with Gasteiger partial charge in [-0.3, -0.25) is 0 Å². The number of aromatic nitrogens is 2. The molecule has 0 aliphatic carbocycles. The minimum Gasteiger partial charge on any atom is -0.368 e. The minimum atomic E-state index is 0.501. The average molecular weight is 373 g/mol. The average Bonchev–Trinajstić information content (AvgIpc) is 3.36. The summed E-state index contributed by atoms with van der Waals surface area (Å²) in [5.74, 6) is 0.501. The van der Waals surface area contributed by atoms with Crippen molar-refractivity contribution in [3.8, 4) is 0 Å². The van der Waals surface area contributed by atoms with Gasteiger partial charge in [0.05, 0.1) is 19.5 Å². The molecule has 1 aromatic carbocycles. The molecule has 1 aliphatic rings. The van der Waals surface area contributed by atoms with Crippen molar-refractivity contribution in [3.05, 3.63) is 71.7 Å². The Morgan fingerprint density at radius 3 is 2.54 bits per heavy atom. The number of nitrogens with zero attached hydrogens (tertiary/aromatic N) is 5. The lowest BCUT2D eigenvalue weighted by molar-refractivity contribution is -0.510. The molecule has 0 radical (unpaired) electrons. The van der Waals surface area contributed by atoms with Crippen molar-refractivity contribution >= 4 is 30.0 Å². The lowest BCUT2D eigenvalue weighted by atomic mass is 10.1. The van der Waals surface area contributed by atoms with Crippen molar-refractivity contribution in [1.29, 1.82) is 0 Å². The van der Waals surface area contributed by atoms with Crippen LogP contribution in [0.25, 0.3) is 17.8 Å². The van der Waals surface area contributed by atoms with Gasteiger partial charge in [0.1, 0.15) is 6.20 Å². The molecule has 3 aromatic rings.